The molecule has 1 fully saturated rings. The molecule has 1 amide bonds. The quantitative estimate of drug-likeness (QED) is 0.356. The average molecular weight is 326 g/mol. The van der Waals surface area contributed by atoms with Gasteiger partial charge in [0.05, 0.1) is 6.61 Å². The van der Waals surface area contributed by atoms with Crippen LogP contribution < -0.4 is 17.2 Å². The van der Waals surface area contributed by atoms with Gasteiger partial charge in [-0.1, -0.05) is 6.58 Å². The third kappa shape index (κ3) is 2.84. The highest BCUT2D eigenvalue weighted by atomic mass is 16.6. The van der Waals surface area contributed by atoms with E-state index in [0.29, 0.717) is 0 Å². The van der Waals surface area contributed by atoms with Crippen LogP contribution in [0.2, 0.25) is 0 Å². The smallest absolute Gasteiger partial charge is 0.351 e. The number of nitrogen functional groups attached to an aromatic ring is 1. The lowest BCUT2D eigenvalue weighted by atomic mass is 9.95. The summed E-state index contributed by atoms with van der Waals surface area (Å²) in [7, 11) is 0. The highest BCUT2D eigenvalue weighted by molar-refractivity contribution is 5.91. The van der Waals surface area contributed by atoms with Crippen LogP contribution in [-0.4, -0.2) is 55.7 Å². The minimum Gasteiger partial charge on any atom is -0.394 e. The van der Waals surface area contributed by atoms with Crippen molar-refractivity contribution >= 4 is 11.7 Å². The van der Waals surface area contributed by atoms with Gasteiger partial charge in [-0.2, -0.15) is 4.98 Å². The summed E-state index contributed by atoms with van der Waals surface area (Å²) in [5.74, 6) is -0.916. The molecule has 0 aliphatic carbocycles. The Kier molecular flexibility index (Phi) is 4.52. The maximum absolute atomic E-state index is 12.1. The van der Waals surface area contributed by atoms with E-state index in [0.717, 1.165) is 4.57 Å². The maximum Gasteiger partial charge on any atom is 0.351 e. The van der Waals surface area contributed by atoms with Crippen LogP contribution in [0.5, 0.6) is 0 Å². The molecule has 7 N–H and O–H groups in total. The van der Waals surface area contributed by atoms with Gasteiger partial charge >= 0.3 is 5.69 Å². The van der Waals surface area contributed by atoms with Crippen LogP contribution in [0.4, 0.5) is 5.82 Å². The van der Waals surface area contributed by atoms with Crippen LogP contribution in [0, 0.1) is 0 Å². The number of nitrogens with zero attached hydrogens (tertiary/aromatic N) is 2. The van der Waals surface area contributed by atoms with Gasteiger partial charge in [0.25, 0.3) is 0 Å². The van der Waals surface area contributed by atoms with Gasteiger partial charge in [0.15, 0.2) is 5.72 Å². The Labute approximate surface area is 130 Å². The van der Waals surface area contributed by atoms with E-state index in [2.05, 4.69) is 11.6 Å². The van der Waals surface area contributed by atoms with E-state index in [1.807, 2.05) is 0 Å². The number of hydrogen-bond donors (Lipinski definition) is 5. The maximum atomic E-state index is 12.1. The molecular weight excluding hydrogens is 308 g/mol. The Morgan fingerprint density at radius 3 is 2.65 bits per heavy atom. The number of nitrogens with two attached hydrogens (primary N) is 2. The molecular formula is C13H18N4O6. The molecule has 0 aromatic carbocycles. The molecule has 1 aliphatic heterocycles. The van der Waals surface area contributed by atoms with Crippen molar-refractivity contribution in [2.75, 3.05) is 12.3 Å². The molecule has 23 heavy (non-hydrogen) atoms. The molecule has 0 bridgehead atoms. The Balaban J connectivity index is 2.58. The number of aromatic nitrogens is 2. The summed E-state index contributed by atoms with van der Waals surface area (Å²) >= 11 is 0. The molecule has 1 aromatic rings. The molecule has 126 valence electrons. The molecule has 2 heterocycles. The van der Waals surface area contributed by atoms with Crippen LogP contribution in [0.15, 0.2) is 29.2 Å². The van der Waals surface area contributed by atoms with Crippen molar-refractivity contribution in [3.63, 3.8) is 0 Å². The van der Waals surface area contributed by atoms with Crippen LogP contribution in [0.3, 0.4) is 0 Å². The fourth-order valence-electron chi connectivity index (χ4n) is 2.54. The number of aliphatic hydroxyl groups excluding tert-OH is 3. The first-order valence-electron chi connectivity index (χ1n) is 6.71. The normalized spacial score (nSPS) is 30.3. The molecule has 1 saturated heterocycles. The number of anilines is 1. The summed E-state index contributed by atoms with van der Waals surface area (Å²) in [5, 5.41) is 29.7. The fourth-order valence-corrected chi connectivity index (χ4v) is 2.54. The van der Waals surface area contributed by atoms with E-state index in [1.165, 1.54) is 12.3 Å². The third-order valence-corrected chi connectivity index (χ3v) is 3.75. The summed E-state index contributed by atoms with van der Waals surface area (Å²) < 4.78 is 6.40. The van der Waals surface area contributed by atoms with E-state index >= 15 is 0 Å². The number of carbonyl (C=O) groups is 1. The highest BCUT2D eigenvalue weighted by Gasteiger charge is 2.56. The van der Waals surface area contributed by atoms with Crippen LogP contribution in [-0.2, 0) is 15.3 Å². The van der Waals surface area contributed by atoms with Crippen molar-refractivity contribution in [1.82, 2.24) is 9.55 Å². The number of primary amides is 1. The standard InChI is InChI=1S/C13H18N4O6/c1-6(11(15)21)4-13(10(20)9(19)7(5-18)23-13)17-3-2-8(14)16-12(17)22/h2-3,7,9-10,18-20H,1,4-5H2,(H2,15,21)(H2,14,16,22)/t7-,9-,10-,13-/m1/s1. The van der Waals surface area contributed by atoms with Crippen molar-refractivity contribution in [2.45, 2.75) is 30.5 Å². The van der Waals surface area contributed by atoms with E-state index in [4.69, 9.17) is 16.2 Å². The van der Waals surface area contributed by atoms with Gasteiger partial charge in [-0.15, -0.1) is 0 Å². The Hall–Kier alpha value is -2.27. The number of amides is 1. The average Bonchev–Trinajstić information content (AvgIpc) is 2.72. The largest absolute Gasteiger partial charge is 0.394 e. The van der Waals surface area contributed by atoms with Crippen molar-refractivity contribution in [2.24, 2.45) is 5.73 Å². The van der Waals surface area contributed by atoms with E-state index in [1.54, 1.807) is 0 Å². The number of aliphatic hydroxyl groups is 3. The first-order valence-corrected chi connectivity index (χ1v) is 6.71. The molecule has 0 unspecified atom stereocenters. The molecule has 2 rings (SSSR count). The molecule has 4 atom stereocenters. The first-order chi connectivity index (χ1) is 10.7. The lowest BCUT2D eigenvalue weighted by Gasteiger charge is -2.34. The molecule has 10 nitrogen and oxygen atoms in total. The van der Waals surface area contributed by atoms with Gasteiger partial charge in [-0.25, -0.2) is 4.79 Å². The molecule has 0 radical (unpaired) electrons. The predicted octanol–water partition coefficient (Wildman–Crippen LogP) is -2.98. The molecule has 1 aliphatic rings. The van der Waals surface area contributed by atoms with Crippen molar-refractivity contribution in [3.05, 3.63) is 34.9 Å². The van der Waals surface area contributed by atoms with E-state index in [9.17, 15) is 24.9 Å². The zero-order valence-corrected chi connectivity index (χ0v) is 12.1. The number of ether oxygens (including phenoxy) is 1. The Morgan fingerprint density at radius 1 is 1.52 bits per heavy atom. The van der Waals surface area contributed by atoms with Gasteiger partial charge in [-0.3, -0.25) is 9.36 Å². The van der Waals surface area contributed by atoms with Crippen molar-refractivity contribution < 1.29 is 24.9 Å². The van der Waals surface area contributed by atoms with Crippen LogP contribution in [0.25, 0.3) is 0 Å². The van der Waals surface area contributed by atoms with Gasteiger partial charge < -0.3 is 31.5 Å². The Morgan fingerprint density at radius 2 is 2.17 bits per heavy atom. The van der Waals surface area contributed by atoms with Gasteiger partial charge in [0.2, 0.25) is 5.91 Å². The minimum absolute atomic E-state index is 0.0538. The van der Waals surface area contributed by atoms with Crippen molar-refractivity contribution in [1.29, 1.82) is 0 Å². The van der Waals surface area contributed by atoms with Crippen LogP contribution >= 0.6 is 0 Å². The lowest BCUT2D eigenvalue weighted by Crippen LogP contribution is -2.51. The second kappa shape index (κ2) is 6.08. The van der Waals surface area contributed by atoms with E-state index in [-0.39, 0.29) is 17.8 Å². The SMILES string of the molecule is C=C(C[C@@]1(n2ccc(N)nc2=O)O[C@H](CO)[C@@H](O)[C@H]1O)C(N)=O. The minimum atomic E-state index is -1.89. The zero-order valence-electron chi connectivity index (χ0n) is 12.1. The number of hydrogen-bond acceptors (Lipinski definition) is 8. The summed E-state index contributed by atoms with van der Waals surface area (Å²) in [6.07, 6.45) is -3.49. The highest BCUT2D eigenvalue weighted by Crippen LogP contribution is 2.39. The third-order valence-electron chi connectivity index (χ3n) is 3.75. The van der Waals surface area contributed by atoms with Gasteiger partial charge in [0, 0.05) is 18.2 Å². The van der Waals surface area contributed by atoms with Crippen molar-refractivity contribution in [3.8, 4) is 0 Å². The Bertz CT molecular complexity index is 689. The van der Waals surface area contributed by atoms with E-state index < -0.39 is 42.2 Å². The number of carbonyl (C=O) groups excluding carboxylic acids is 1. The monoisotopic (exact) mass is 326 g/mol. The lowest BCUT2D eigenvalue weighted by molar-refractivity contribution is -0.151. The van der Waals surface area contributed by atoms with Crippen LogP contribution in [0.1, 0.15) is 6.42 Å². The summed E-state index contributed by atoms with van der Waals surface area (Å²) in [6, 6.07) is 1.28. The second-order valence-electron chi connectivity index (χ2n) is 5.27. The molecule has 10 heteroatoms. The second-order valence-corrected chi connectivity index (χ2v) is 5.27. The summed E-state index contributed by atoms with van der Waals surface area (Å²) in [5.41, 5.74) is 7.67. The molecule has 0 spiro atoms. The number of rotatable bonds is 5. The summed E-state index contributed by atoms with van der Waals surface area (Å²) in [4.78, 5) is 26.9. The topological polar surface area (TPSA) is 174 Å². The first kappa shape index (κ1) is 17.1. The molecule has 0 saturated carbocycles. The predicted molar refractivity (Wildman–Crippen MR) is 77.8 cm³/mol. The summed E-state index contributed by atoms with van der Waals surface area (Å²) in [6.45, 7) is 2.86. The fraction of sp³-hybridized carbons (Fsp3) is 0.462. The van der Waals surface area contributed by atoms with Gasteiger partial charge in [-0.05, 0) is 6.07 Å². The van der Waals surface area contributed by atoms with Gasteiger partial charge in [0.1, 0.15) is 24.1 Å². The molecule has 1 aromatic heterocycles. The zero-order chi connectivity index (χ0) is 17.4.